The molecule has 1 N–H and O–H groups in total. The maximum atomic E-state index is 11.0. The normalized spacial score (nSPS) is 32.3. The lowest BCUT2D eigenvalue weighted by Gasteiger charge is -2.09. The van der Waals surface area contributed by atoms with Gasteiger partial charge in [-0.1, -0.05) is 0 Å². The maximum absolute atomic E-state index is 11.0. The molecular weight excluding hydrogens is 146 g/mol. The molecule has 1 fully saturated rings. The average molecular weight is 159 g/mol. The Morgan fingerprint density at radius 2 is 2.27 bits per heavy atom. The van der Waals surface area contributed by atoms with Gasteiger partial charge in [-0.05, 0) is 7.05 Å². The molecule has 0 saturated carbocycles. The van der Waals surface area contributed by atoms with E-state index in [1.807, 2.05) is 11.9 Å². The van der Waals surface area contributed by atoms with Crippen LogP contribution in [0.2, 0.25) is 0 Å². The molecule has 1 rings (SSSR count). The smallest absolute Gasteiger partial charge is 0.312 e. The van der Waals surface area contributed by atoms with Crippen LogP contribution in [-0.2, 0) is 9.53 Å². The van der Waals surface area contributed by atoms with Gasteiger partial charge in [0, 0.05) is 13.1 Å². The van der Waals surface area contributed by atoms with Crippen LogP contribution in [-0.4, -0.2) is 49.3 Å². The molecule has 0 aromatic rings. The first-order chi connectivity index (χ1) is 5.15. The molecule has 0 aromatic carbocycles. The molecule has 1 aliphatic rings. The summed E-state index contributed by atoms with van der Waals surface area (Å²) >= 11 is 0. The van der Waals surface area contributed by atoms with E-state index in [1.165, 1.54) is 7.11 Å². The van der Waals surface area contributed by atoms with Crippen LogP contribution in [0.4, 0.5) is 0 Å². The van der Waals surface area contributed by atoms with Crippen molar-refractivity contribution < 1.29 is 14.6 Å². The monoisotopic (exact) mass is 159 g/mol. The molecule has 1 saturated heterocycles. The van der Waals surface area contributed by atoms with E-state index in [4.69, 9.17) is 0 Å². The molecule has 0 bridgehead atoms. The zero-order valence-electron chi connectivity index (χ0n) is 6.78. The fourth-order valence-corrected chi connectivity index (χ4v) is 1.36. The van der Waals surface area contributed by atoms with Crippen molar-refractivity contribution in [2.45, 2.75) is 6.10 Å². The predicted octanol–water partition coefficient (Wildman–Crippen LogP) is -0.918. The topological polar surface area (TPSA) is 49.8 Å². The summed E-state index contributed by atoms with van der Waals surface area (Å²) in [4.78, 5) is 12.9. The molecule has 0 unspecified atom stereocenters. The van der Waals surface area contributed by atoms with Crippen molar-refractivity contribution in [2.75, 3.05) is 27.2 Å². The summed E-state index contributed by atoms with van der Waals surface area (Å²) in [5, 5.41) is 9.32. The highest BCUT2D eigenvalue weighted by molar-refractivity contribution is 5.73. The summed E-state index contributed by atoms with van der Waals surface area (Å²) in [5.41, 5.74) is 0. The minimum absolute atomic E-state index is 0.318. The Morgan fingerprint density at radius 1 is 1.64 bits per heavy atom. The second kappa shape index (κ2) is 3.19. The van der Waals surface area contributed by atoms with Crippen molar-refractivity contribution in [1.82, 2.24) is 4.90 Å². The lowest BCUT2D eigenvalue weighted by Crippen LogP contribution is -2.27. The number of hydrogen-bond acceptors (Lipinski definition) is 4. The van der Waals surface area contributed by atoms with Gasteiger partial charge in [0.15, 0.2) is 0 Å². The molecule has 0 aromatic heterocycles. The van der Waals surface area contributed by atoms with Crippen LogP contribution < -0.4 is 0 Å². The third kappa shape index (κ3) is 1.70. The summed E-state index contributed by atoms with van der Waals surface area (Å²) in [5.74, 6) is -0.674. The standard InChI is InChI=1S/C7H13NO3/c1-8-3-5(6(9)4-8)7(10)11-2/h5-6,9H,3-4H2,1-2H3/t5-,6+/m0/s1. The van der Waals surface area contributed by atoms with Crippen molar-refractivity contribution in [3.05, 3.63) is 0 Å². The van der Waals surface area contributed by atoms with E-state index < -0.39 is 6.10 Å². The largest absolute Gasteiger partial charge is 0.469 e. The van der Waals surface area contributed by atoms with E-state index in [0.29, 0.717) is 13.1 Å². The zero-order chi connectivity index (χ0) is 8.43. The number of aliphatic hydroxyl groups is 1. The number of ether oxygens (including phenoxy) is 1. The zero-order valence-corrected chi connectivity index (χ0v) is 6.78. The second-order valence-corrected chi connectivity index (χ2v) is 2.92. The summed E-state index contributed by atoms with van der Waals surface area (Å²) in [6, 6.07) is 0. The van der Waals surface area contributed by atoms with Crippen molar-refractivity contribution in [1.29, 1.82) is 0 Å². The molecule has 1 aliphatic heterocycles. The number of nitrogens with zero attached hydrogens (tertiary/aromatic N) is 1. The number of esters is 1. The number of methoxy groups -OCH3 is 1. The number of carbonyl (C=O) groups is 1. The summed E-state index contributed by atoms with van der Waals surface area (Å²) < 4.78 is 4.53. The molecule has 0 aliphatic carbocycles. The highest BCUT2D eigenvalue weighted by Crippen LogP contribution is 2.16. The van der Waals surface area contributed by atoms with Crippen LogP contribution in [0.25, 0.3) is 0 Å². The minimum Gasteiger partial charge on any atom is -0.469 e. The van der Waals surface area contributed by atoms with Crippen molar-refractivity contribution >= 4 is 5.97 Å². The molecule has 4 heteroatoms. The second-order valence-electron chi connectivity index (χ2n) is 2.92. The third-order valence-electron chi connectivity index (χ3n) is 1.98. The molecule has 1 heterocycles. The lowest BCUT2D eigenvalue weighted by molar-refractivity contribution is -0.147. The number of rotatable bonds is 1. The van der Waals surface area contributed by atoms with Gasteiger partial charge in [-0.3, -0.25) is 4.79 Å². The van der Waals surface area contributed by atoms with E-state index in [9.17, 15) is 9.90 Å². The van der Waals surface area contributed by atoms with Crippen molar-refractivity contribution in [2.24, 2.45) is 5.92 Å². The van der Waals surface area contributed by atoms with E-state index in [-0.39, 0.29) is 11.9 Å². The van der Waals surface area contributed by atoms with Crippen LogP contribution in [0, 0.1) is 5.92 Å². The van der Waals surface area contributed by atoms with Gasteiger partial charge in [0.1, 0.15) is 0 Å². The third-order valence-corrected chi connectivity index (χ3v) is 1.98. The fraction of sp³-hybridized carbons (Fsp3) is 0.857. The Hall–Kier alpha value is -0.610. The number of β-amino-alcohol motifs (C(OH)–C–C–N with tert-alkyl or cyclic N) is 1. The van der Waals surface area contributed by atoms with Crippen molar-refractivity contribution in [3.63, 3.8) is 0 Å². The van der Waals surface area contributed by atoms with Gasteiger partial charge < -0.3 is 14.7 Å². The first-order valence-corrected chi connectivity index (χ1v) is 3.59. The molecule has 64 valence electrons. The molecule has 0 radical (unpaired) electrons. The Balaban J connectivity index is 2.52. The highest BCUT2D eigenvalue weighted by Gasteiger charge is 2.35. The van der Waals surface area contributed by atoms with E-state index in [0.717, 1.165) is 0 Å². The SMILES string of the molecule is COC(=O)[C@H]1CN(C)C[C@H]1O. The van der Waals surface area contributed by atoms with Gasteiger partial charge in [-0.2, -0.15) is 0 Å². The Kier molecular flexibility index (Phi) is 2.46. The van der Waals surface area contributed by atoms with Crippen LogP contribution in [0.15, 0.2) is 0 Å². The number of carbonyl (C=O) groups excluding carboxylic acids is 1. The number of hydrogen-bond donors (Lipinski definition) is 1. The Labute approximate surface area is 65.8 Å². The fourth-order valence-electron chi connectivity index (χ4n) is 1.36. The molecular formula is C7H13NO3. The van der Waals surface area contributed by atoms with Gasteiger partial charge in [0.2, 0.25) is 0 Å². The highest BCUT2D eigenvalue weighted by atomic mass is 16.5. The van der Waals surface area contributed by atoms with Gasteiger partial charge in [-0.25, -0.2) is 0 Å². The molecule has 4 nitrogen and oxygen atoms in total. The molecule has 0 spiro atoms. The minimum atomic E-state index is -0.563. The quantitative estimate of drug-likeness (QED) is 0.503. The van der Waals surface area contributed by atoms with Crippen LogP contribution in [0.3, 0.4) is 0 Å². The Bertz CT molecular complexity index is 160. The Morgan fingerprint density at radius 3 is 2.64 bits per heavy atom. The summed E-state index contributed by atoms with van der Waals surface area (Å²) in [7, 11) is 3.21. The van der Waals surface area contributed by atoms with E-state index in [2.05, 4.69) is 4.74 Å². The van der Waals surface area contributed by atoms with Crippen LogP contribution in [0.1, 0.15) is 0 Å². The number of likely N-dealkylation sites (N-methyl/N-ethyl adjacent to an activating group) is 1. The van der Waals surface area contributed by atoms with Crippen LogP contribution in [0.5, 0.6) is 0 Å². The van der Waals surface area contributed by atoms with E-state index >= 15 is 0 Å². The van der Waals surface area contributed by atoms with E-state index in [1.54, 1.807) is 0 Å². The van der Waals surface area contributed by atoms with Gasteiger partial charge in [0.25, 0.3) is 0 Å². The van der Waals surface area contributed by atoms with Crippen molar-refractivity contribution in [3.8, 4) is 0 Å². The van der Waals surface area contributed by atoms with Gasteiger partial charge in [0.05, 0.1) is 19.1 Å². The summed E-state index contributed by atoms with van der Waals surface area (Å²) in [6.07, 6.45) is -0.563. The van der Waals surface area contributed by atoms with Gasteiger partial charge in [-0.15, -0.1) is 0 Å². The maximum Gasteiger partial charge on any atom is 0.312 e. The first kappa shape index (κ1) is 8.49. The summed E-state index contributed by atoms with van der Waals surface area (Å²) in [6.45, 7) is 1.15. The number of aliphatic hydroxyl groups excluding tert-OH is 1. The van der Waals surface area contributed by atoms with Crippen LogP contribution >= 0.6 is 0 Å². The predicted molar refractivity (Wildman–Crippen MR) is 39.0 cm³/mol. The molecule has 0 amide bonds. The lowest BCUT2D eigenvalue weighted by atomic mass is 10.1. The number of likely N-dealkylation sites (tertiary alicyclic amines) is 1. The average Bonchev–Trinajstić information content (AvgIpc) is 2.28. The molecule has 11 heavy (non-hydrogen) atoms. The first-order valence-electron chi connectivity index (χ1n) is 3.59. The van der Waals surface area contributed by atoms with Gasteiger partial charge >= 0.3 is 5.97 Å². The molecule has 2 atom stereocenters.